The minimum absolute atomic E-state index is 0.165. The maximum atomic E-state index is 14.0. The van der Waals surface area contributed by atoms with Gasteiger partial charge in [0, 0.05) is 24.2 Å². The van der Waals surface area contributed by atoms with Gasteiger partial charge in [0.15, 0.2) is 11.6 Å². The Hall–Kier alpha value is -3.42. The molecule has 0 bridgehead atoms. The summed E-state index contributed by atoms with van der Waals surface area (Å²) in [5.41, 5.74) is 0.468. The molecule has 3 rings (SSSR count). The third-order valence-electron chi connectivity index (χ3n) is 3.31. The van der Waals surface area contributed by atoms with Crippen molar-refractivity contribution in [3.05, 3.63) is 72.7 Å². The number of benzene rings is 1. The van der Waals surface area contributed by atoms with E-state index in [0.29, 0.717) is 17.2 Å². The zero-order valence-corrected chi connectivity index (χ0v) is 13.5. The molecule has 0 aliphatic carbocycles. The summed E-state index contributed by atoms with van der Waals surface area (Å²) in [6.07, 6.45) is 4.52. The van der Waals surface area contributed by atoms with Crippen LogP contribution in [-0.4, -0.2) is 37.7 Å². The minimum Gasteiger partial charge on any atom is -0.478 e. The van der Waals surface area contributed by atoms with Crippen LogP contribution in [0.3, 0.4) is 0 Å². The van der Waals surface area contributed by atoms with Crippen molar-refractivity contribution in [2.75, 3.05) is 7.11 Å². The molecule has 0 amide bonds. The van der Waals surface area contributed by atoms with E-state index in [-0.39, 0.29) is 24.1 Å². The first-order valence-electron chi connectivity index (χ1n) is 7.41. The molecule has 0 atom stereocenters. The predicted octanol–water partition coefficient (Wildman–Crippen LogP) is 2.46. The normalized spacial score (nSPS) is 11.4. The van der Waals surface area contributed by atoms with Crippen LogP contribution in [0.25, 0.3) is 11.6 Å². The van der Waals surface area contributed by atoms with Crippen LogP contribution in [0.4, 0.5) is 4.39 Å². The van der Waals surface area contributed by atoms with Gasteiger partial charge in [0.25, 0.3) is 5.90 Å². The highest BCUT2D eigenvalue weighted by atomic mass is 19.1. The van der Waals surface area contributed by atoms with E-state index in [1.54, 1.807) is 36.7 Å². The molecule has 0 spiro atoms. The van der Waals surface area contributed by atoms with E-state index in [4.69, 9.17) is 4.74 Å². The van der Waals surface area contributed by atoms with E-state index < -0.39 is 0 Å². The molecule has 8 heteroatoms. The predicted molar refractivity (Wildman–Crippen MR) is 90.3 cm³/mol. The Kier molecular flexibility index (Phi) is 4.89. The minimum atomic E-state index is -0.328. The van der Waals surface area contributed by atoms with Gasteiger partial charge in [0.1, 0.15) is 5.82 Å². The topological polar surface area (TPSA) is 78.1 Å². The molecule has 126 valence electrons. The number of hydrogen-bond acceptors (Lipinski definition) is 6. The molecule has 0 saturated heterocycles. The van der Waals surface area contributed by atoms with Gasteiger partial charge in [-0.1, -0.05) is 24.8 Å². The molecule has 0 aliphatic heterocycles. The van der Waals surface area contributed by atoms with Gasteiger partial charge in [-0.25, -0.2) is 24.0 Å². The van der Waals surface area contributed by atoms with Gasteiger partial charge in [-0.3, -0.25) is 0 Å². The van der Waals surface area contributed by atoms with Gasteiger partial charge < -0.3 is 4.74 Å². The average molecular weight is 338 g/mol. The Morgan fingerprint density at radius 1 is 1.28 bits per heavy atom. The third kappa shape index (κ3) is 3.57. The Morgan fingerprint density at radius 2 is 2.04 bits per heavy atom. The molecular weight excluding hydrogens is 323 g/mol. The Labute approximate surface area is 143 Å². The van der Waals surface area contributed by atoms with Crippen molar-refractivity contribution in [3.63, 3.8) is 0 Å². The van der Waals surface area contributed by atoms with E-state index in [0.717, 1.165) is 0 Å². The lowest BCUT2D eigenvalue weighted by Crippen LogP contribution is -2.09. The first-order valence-corrected chi connectivity index (χ1v) is 7.41. The highest BCUT2D eigenvalue weighted by molar-refractivity contribution is 5.91. The molecule has 3 aromatic rings. The van der Waals surface area contributed by atoms with Crippen LogP contribution in [-0.2, 0) is 11.3 Å². The molecule has 7 nitrogen and oxygen atoms in total. The van der Waals surface area contributed by atoms with Gasteiger partial charge in [0.05, 0.1) is 13.7 Å². The van der Waals surface area contributed by atoms with Crippen molar-refractivity contribution in [1.29, 1.82) is 0 Å². The number of halogens is 1. The summed E-state index contributed by atoms with van der Waals surface area (Å²) in [6.45, 7) is 3.70. The lowest BCUT2D eigenvalue weighted by Gasteiger charge is -2.06. The Bertz CT molecular complexity index is 907. The van der Waals surface area contributed by atoms with Gasteiger partial charge in [-0.2, -0.15) is 4.98 Å². The van der Waals surface area contributed by atoms with E-state index in [2.05, 4.69) is 31.6 Å². The van der Waals surface area contributed by atoms with Crippen molar-refractivity contribution in [2.24, 2.45) is 4.99 Å². The van der Waals surface area contributed by atoms with E-state index in [1.165, 1.54) is 24.1 Å². The summed E-state index contributed by atoms with van der Waals surface area (Å²) in [6, 6.07) is 8.16. The van der Waals surface area contributed by atoms with Crippen LogP contribution in [0.5, 0.6) is 0 Å². The first kappa shape index (κ1) is 16.4. The molecule has 2 aromatic heterocycles. The number of aromatic nitrogens is 5. The largest absolute Gasteiger partial charge is 0.478 e. The van der Waals surface area contributed by atoms with Crippen LogP contribution in [0, 0.1) is 5.82 Å². The van der Waals surface area contributed by atoms with E-state index in [9.17, 15) is 4.39 Å². The summed E-state index contributed by atoms with van der Waals surface area (Å²) in [7, 11) is 1.46. The zero-order valence-electron chi connectivity index (χ0n) is 13.5. The van der Waals surface area contributed by atoms with Crippen molar-refractivity contribution in [1.82, 2.24) is 24.7 Å². The second-order valence-corrected chi connectivity index (χ2v) is 4.90. The number of rotatable bonds is 5. The average Bonchev–Trinajstić information content (AvgIpc) is 3.06. The molecule has 2 heterocycles. The highest BCUT2D eigenvalue weighted by Gasteiger charge is 2.19. The molecule has 0 aliphatic rings. The van der Waals surface area contributed by atoms with E-state index >= 15 is 0 Å². The summed E-state index contributed by atoms with van der Waals surface area (Å²) in [4.78, 5) is 16.8. The zero-order chi connectivity index (χ0) is 17.6. The van der Waals surface area contributed by atoms with Crippen LogP contribution in [0.1, 0.15) is 11.4 Å². The number of ether oxygens (including phenoxy) is 1. The fourth-order valence-corrected chi connectivity index (χ4v) is 2.20. The van der Waals surface area contributed by atoms with Crippen molar-refractivity contribution >= 4 is 5.90 Å². The Balaban J connectivity index is 2.09. The number of hydrogen-bond donors (Lipinski definition) is 0. The number of methoxy groups -OCH3 is 1. The van der Waals surface area contributed by atoms with Crippen LogP contribution < -0.4 is 0 Å². The monoisotopic (exact) mass is 338 g/mol. The van der Waals surface area contributed by atoms with Crippen LogP contribution in [0.15, 0.2) is 60.5 Å². The fraction of sp³-hybridized carbons (Fsp3) is 0.118. The van der Waals surface area contributed by atoms with Gasteiger partial charge in [-0.05, 0) is 12.1 Å². The molecule has 0 saturated carbocycles. The quantitative estimate of drug-likeness (QED) is 0.527. The van der Waals surface area contributed by atoms with Crippen LogP contribution >= 0.6 is 0 Å². The summed E-state index contributed by atoms with van der Waals surface area (Å²) >= 11 is 0. The summed E-state index contributed by atoms with van der Waals surface area (Å²) < 4.78 is 20.7. The third-order valence-corrected chi connectivity index (χ3v) is 3.31. The van der Waals surface area contributed by atoms with Gasteiger partial charge >= 0.3 is 0 Å². The summed E-state index contributed by atoms with van der Waals surface area (Å²) in [5.74, 6) is 0.853. The van der Waals surface area contributed by atoms with Gasteiger partial charge in [-0.15, -0.1) is 5.10 Å². The Morgan fingerprint density at radius 3 is 2.72 bits per heavy atom. The lowest BCUT2D eigenvalue weighted by molar-refractivity contribution is 0.401. The smallest absolute Gasteiger partial charge is 0.261 e. The number of nitrogens with zero attached hydrogens (tertiary/aromatic N) is 6. The summed E-state index contributed by atoms with van der Waals surface area (Å²) in [5, 5.41) is 4.37. The van der Waals surface area contributed by atoms with Crippen LogP contribution in [0.2, 0.25) is 0 Å². The first-order chi connectivity index (χ1) is 12.2. The molecule has 0 fully saturated rings. The fourth-order valence-electron chi connectivity index (χ4n) is 2.20. The van der Waals surface area contributed by atoms with Gasteiger partial charge in [0.2, 0.25) is 5.82 Å². The number of aliphatic imine (C=N–C) groups is 1. The lowest BCUT2D eigenvalue weighted by atomic mass is 10.2. The molecular formula is C17H15FN6O. The van der Waals surface area contributed by atoms with Crippen molar-refractivity contribution in [2.45, 2.75) is 6.54 Å². The molecule has 0 N–H and O–H groups in total. The second kappa shape index (κ2) is 7.43. The molecule has 0 radical (unpaired) electrons. The highest BCUT2D eigenvalue weighted by Crippen LogP contribution is 2.16. The molecule has 1 aromatic carbocycles. The van der Waals surface area contributed by atoms with Crippen molar-refractivity contribution in [3.8, 4) is 11.6 Å². The maximum Gasteiger partial charge on any atom is 0.261 e. The standard InChI is InChI=1S/C17H15FN6O/c1-3-19-17(25-2)15-22-16(14-20-9-6-10-21-14)24(23-15)11-12-7-4-5-8-13(12)18/h3-10H,1,11H2,2H3. The van der Waals surface area contributed by atoms with Crippen molar-refractivity contribution < 1.29 is 9.13 Å². The molecule has 25 heavy (non-hydrogen) atoms. The maximum absolute atomic E-state index is 14.0. The van der Waals surface area contributed by atoms with E-state index in [1.807, 2.05) is 0 Å². The second-order valence-electron chi connectivity index (χ2n) is 4.90. The molecule has 0 unspecified atom stereocenters. The SMILES string of the molecule is C=CN=C(OC)c1nc(-c2ncccn2)n(Cc2ccccc2F)n1.